The molecule has 4 heteroatoms. The number of hydrogen-bond donors (Lipinski definition) is 1. The molecule has 0 N–H and O–H groups in total. The number of thiol groups is 1. The summed E-state index contributed by atoms with van der Waals surface area (Å²) in [5.41, 5.74) is 0. The molecule has 0 aromatic carbocycles. The molecule has 1 heterocycles. The Balaban J connectivity index is 2.25. The van der Waals surface area contributed by atoms with Crippen LogP contribution >= 0.6 is 12.6 Å². The predicted octanol–water partition coefficient (Wildman–Crippen LogP) is 0.944. The van der Waals surface area contributed by atoms with E-state index in [4.69, 9.17) is 4.74 Å². The summed E-state index contributed by atoms with van der Waals surface area (Å²) in [4.78, 5) is 12.9. The smallest absolute Gasteiger partial charge is 0.232 e. The van der Waals surface area contributed by atoms with Gasteiger partial charge in [0.1, 0.15) is 0 Å². The van der Waals surface area contributed by atoms with Crippen molar-refractivity contribution in [1.82, 2.24) is 4.90 Å². The fourth-order valence-electron chi connectivity index (χ4n) is 1.48. The average Bonchev–Trinajstić information content (AvgIpc) is 2.18. The molecule has 1 amide bonds. The molecular weight excluding hydrogens is 186 g/mol. The molecule has 0 spiro atoms. The standard InChI is InChI=1S/C9H17NO2S/c1-10(9(11)7-13)6-8-4-2-3-5-12-8/h8,13H,2-7H2,1H3. The van der Waals surface area contributed by atoms with E-state index in [0.717, 1.165) is 19.4 Å². The van der Waals surface area contributed by atoms with E-state index in [1.807, 2.05) is 0 Å². The van der Waals surface area contributed by atoms with E-state index in [1.165, 1.54) is 6.42 Å². The van der Waals surface area contributed by atoms with Crippen molar-refractivity contribution in [2.45, 2.75) is 25.4 Å². The van der Waals surface area contributed by atoms with Crippen LogP contribution in [0.3, 0.4) is 0 Å². The van der Waals surface area contributed by atoms with Crippen LogP contribution in [-0.4, -0.2) is 42.9 Å². The zero-order chi connectivity index (χ0) is 9.68. The Bertz CT molecular complexity index is 169. The highest BCUT2D eigenvalue weighted by Gasteiger charge is 2.17. The van der Waals surface area contributed by atoms with Crippen molar-refractivity contribution in [2.75, 3.05) is 26.0 Å². The Hall–Kier alpha value is -0.220. The Labute approximate surface area is 84.8 Å². The van der Waals surface area contributed by atoms with Crippen molar-refractivity contribution in [1.29, 1.82) is 0 Å². The molecule has 1 unspecified atom stereocenters. The summed E-state index contributed by atoms with van der Waals surface area (Å²) in [7, 11) is 1.80. The second-order valence-corrected chi connectivity index (χ2v) is 3.74. The van der Waals surface area contributed by atoms with Gasteiger partial charge in [-0.1, -0.05) is 0 Å². The lowest BCUT2D eigenvalue weighted by molar-refractivity contribution is -0.129. The number of hydrogen-bond acceptors (Lipinski definition) is 3. The molecule has 13 heavy (non-hydrogen) atoms. The summed E-state index contributed by atoms with van der Waals surface area (Å²) in [6.07, 6.45) is 3.68. The first-order chi connectivity index (χ1) is 6.24. The van der Waals surface area contributed by atoms with Gasteiger partial charge in [0.2, 0.25) is 5.91 Å². The first-order valence-corrected chi connectivity index (χ1v) is 5.33. The topological polar surface area (TPSA) is 29.5 Å². The normalized spacial score (nSPS) is 22.8. The van der Waals surface area contributed by atoms with Gasteiger partial charge in [0, 0.05) is 20.2 Å². The van der Waals surface area contributed by atoms with Gasteiger partial charge in [-0.15, -0.1) is 0 Å². The van der Waals surface area contributed by atoms with Crippen LogP contribution in [0.5, 0.6) is 0 Å². The number of carbonyl (C=O) groups is 1. The van der Waals surface area contributed by atoms with Gasteiger partial charge < -0.3 is 9.64 Å². The van der Waals surface area contributed by atoms with Gasteiger partial charge >= 0.3 is 0 Å². The van der Waals surface area contributed by atoms with E-state index in [9.17, 15) is 4.79 Å². The first kappa shape index (κ1) is 10.9. The fourth-order valence-corrected chi connectivity index (χ4v) is 1.72. The van der Waals surface area contributed by atoms with E-state index >= 15 is 0 Å². The summed E-state index contributed by atoms with van der Waals surface area (Å²) >= 11 is 3.94. The van der Waals surface area contributed by atoms with E-state index in [0.29, 0.717) is 6.54 Å². The summed E-state index contributed by atoms with van der Waals surface area (Å²) in [5.74, 6) is 0.348. The minimum atomic E-state index is 0.0671. The molecule has 1 rings (SSSR count). The van der Waals surface area contributed by atoms with Crippen LogP contribution < -0.4 is 0 Å². The van der Waals surface area contributed by atoms with Crippen molar-refractivity contribution in [2.24, 2.45) is 0 Å². The van der Waals surface area contributed by atoms with E-state index in [-0.39, 0.29) is 17.8 Å². The average molecular weight is 203 g/mol. The largest absolute Gasteiger partial charge is 0.376 e. The molecule has 0 aliphatic carbocycles. The van der Waals surface area contributed by atoms with Gasteiger partial charge in [-0.3, -0.25) is 4.79 Å². The molecule has 1 aliphatic heterocycles. The molecule has 1 aliphatic rings. The number of nitrogens with zero attached hydrogens (tertiary/aromatic N) is 1. The maximum atomic E-state index is 11.2. The second kappa shape index (κ2) is 5.50. The molecule has 0 radical (unpaired) electrons. The van der Waals surface area contributed by atoms with Crippen LogP contribution in [0.2, 0.25) is 0 Å². The fraction of sp³-hybridized carbons (Fsp3) is 0.889. The van der Waals surface area contributed by atoms with Crippen LogP contribution in [0.15, 0.2) is 0 Å². The number of carbonyl (C=O) groups excluding carboxylic acids is 1. The Morgan fingerprint density at radius 1 is 1.62 bits per heavy atom. The Morgan fingerprint density at radius 2 is 2.38 bits per heavy atom. The molecule has 1 atom stereocenters. The van der Waals surface area contributed by atoms with Gasteiger partial charge in [0.15, 0.2) is 0 Å². The van der Waals surface area contributed by atoms with Crippen LogP contribution in [0.4, 0.5) is 0 Å². The summed E-state index contributed by atoms with van der Waals surface area (Å²) in [6.45, 7) is 1.55. The van der Waals surface area contributed by atoms with E-state index in [2.05, 4.69) is 12.6 Å². The number of amides is 1. The molecule has 0 saturated carbocycles. The molecule has 0 bridgehead atoms. The lowest BCUT2D eigenvalue weighted by atomic mass is 10.1. The van der Waals surface area contributed by atoms with Crippen LogP contribution in [0, 0.1) is 0 Å². The zero-order valence-corrected chi connectivity index (χ0v) is 8.93. The first-order valence-electron chi connectivity index (χ1n) is 4.70. The number of ether oxygens (including phenoxy) is 1. The molecular formula is C9H17NO2S. The highest BCUT2D eigenvalue weighted by molar-refractivity contribution is 7.81. The second-order valence-electron chi connectivity index (χ2n) is 3.42. The minimum absolute atomic E-state index is 0.0671. The van der Waals surface area contributed by atoms with Crippen molar-refractivity contribution in [3.05, 3.63) is 0 Å². The number of rotatable bonds is 3. The molecule has 1 fully saturated rings. The summed E-state index contributed by atoms with van der Waals surface area (Å²) in [5, 5.41) is 0. The SMILES string of the molecule is CN(CC1CCCCO1)C(=O)CS. The molecule has 0 aromatic heterocycles. The van der Waals surface area contributed by atoms with Gasteiger partial charge in [0.25, 0.3) is 0 Å². The van der Waals surface area contributed by atoms with Crippen LogP contribution in [-0.2, 0) is 9.53 Å². The van der Waals surface area contributed by atoms with Gasteiger partial charge in [0.05, 0.1) is 11.9 Å². The van der Waals surface area contributed by atoms with E-state index in [1.54, 1.807) is 11.9 Å². The maximum absolute atomic E-state index is 11.2. The third-order valence-corrected chi connectivity index (χ3v) is 2.58. The maximum Gasteiger partial charge on any atom is 0.232 e. The summed E-state index contributed by atoms with van der Waals surface area (Å²) in [6, 6.07) is 0. The monoisotopic (exact) mass is 203 g/mol. The van der Waals surface area contributed by atoms with Gasteiger partial charge in [-0.05, 0) is 19.3 Å². The van der Waals surface area contributed by atoms with Crippen molar-refractivity contribution in [3.8, 4) is 0 Å². The number of likely N-dealkylation sites (N-methyl/N-ethyl adjacent to an activating group) is 1. The van der Waals surface area contributed by atoms with Crippen LogP contribution in [0.25, 0.3) is 0 Å². The third-order valence-electron chi connectivity index (χ3n) is 2.31. The Kier molecular flexibility index (Phi) is 4.59. The van der Waals surface area contributed by atoms with Crippen molar-refractivity contribution >= 4 is 18.5 Å². The Morgan fingerprint density at radius 3 is 2.92 bits per heavy atom. The molecule has 1 saturated heterocycles. The predicted molar refractivity (Wildman–Crippen MR) is 55.1 cm³/mol. The highest BCUT2D eigenvalue weighted by Crippen LogP contribution is 2.13. The molecule has 76 valence electrons. The quantitative estimate of drug-likeness (QED) is 0.692. The minimum Gasteiger partial charge on any atom is -0.376 e. The lowest BCUT2D eigenvalue weighted by Gasteiger charge is -2.27. The van der Waals surface area contributed by atoms with Crippen LogP contribution in [0.1, 0.15) is 19.3 Å². The van der Waals surface area contributed by atoms with Gasteiger partial charge in [-0.25, -0.2) is 0 Å². The third kappa shape index (κ3) is 3.56. The van der Waals surface area contributed by atoms with E-state index < -0.39 is 0 Å². The summed E-state index contributed by atoms with van der Waals surface area (Å²) < 4.78 is 5.52. The highest BCUT2D eigenvalue weighted by atomic mass is 32.1. The van der Waals surface area contributed by atoms with Gasteiger partial charge in [-0.2, -0.15) is 12.6 Å². The van der Waals surface area contributed by atoms with Crippen molar-refractivity contribution < 1.29 is 9.53 Å². The molecule has 0 aromatic rings. The van der Waals surface area contributed by atoms with Crippen molar-refractivity contribution in [3.63, 3.8) is 0 Å². The molecule has 3 nitrogen and oxygen atoms in total. The zero-order valence-electron chi connectivity index (χ0n) is 8.03. The lowest BCUT2D eigenvalue weighted by Crippen LogP contribution is -2.37.